The van der Waals surface area contributed by atoms with Crippen LogP contribution in [0.15, 0.2) is 0 Å². The van der Waals surface area contributed by atoms with Crippen LogP contribution in [0.4, 0.5) is 0 Å². The Labute approximate surface area is 107 Å². The second kappa shape index (κ2) is 6.14. The molecule has 2 N–H and O–H groups in total. The van der Waals surface area contributed by atoms with E-state index in [9.17, 15) is 18.0 Å². The fourth-order valence-electron chi connectivity index (χ4n) is 1.36. The summed E-state index contributed by atoms with van der Waals surface area (Å²) in [6, 6.07) is 0. The van der Waals surface area contributed by atoms with Crippen molar-refractivity contribution in [3.8, 4) is 0 Å². The maximum absolute atomic E-state index is 11.8. The topological polar surface area (TPSA) is 110 Å². The number of nitrogens with one attached hydrogen (secondary N) is 1. The molecule has 2 unspecified atom stereocenters. The number of carbonyl (C=O) groups is 2. The van der Waals surface area contributed by atoms with Crippen LogP contribution in [0.5, 0.6) is 0 Å². The molecular formula is C10H19NO6S. The molecule has 18 heavy (non-hydrogen) atoms. The molecule has 0 saturated heterocycles. The lowest BCUT2D eigenvalue weighted by Gasteiger charge is -2.27. The van der Waals surface area contributed by atoms with Gasteiger partial charge in [0.1, 0.15) is 6.10 Å². The number of hydrogen-bond acceptors (Lipinski definition) is 5. The van der Waals surface area contributed by atoms with E-state index in [2.05, 4.69) is 10.1 Å². The van der Waals surface area contributed by atoms with Gasteiger partial charge in [0.05, 0.1) is 17.2 Å². The first-order valence-corrected chi connectivity index (χ1v) is 6.96. The van der Waals surface area contributed by atoms with Crippen LogP contribution in [-0.2, 0) is 24.4 Å². The van der Waals surface area contributed by atoms with Crippen molar-refractivity contribution in [2.24, 2.45) is 5.92 Å². The summed E-state index contributed by atoms with van der Waals surface area (Å²) in [6.07, 6.45) is -0.621. The maximum atomic E-state index is 11.8. The lowest BCUT2D eigenvalue weighted by atomic mass is 10.0. The molecule has 0 aromatic heterocycles. The van der Waals surface area contributed by atoms with Crippen molar-refractivity contribution in [2.75, 3.05) is 5.75 Å². The molecule has 0 aliphatic carbocycles. The minimum absolute atomic E-state index is 0.248. The van der Waals surface area contributed by atoms with Crippen LogP contribution in [0.25, 0.3) is 0 Å². The molecule has 0 fully saturated rings. The zero-order chi connectivity index (χ0) is 14.6. The van der Waals surface area contributed by atoms with Crippen LogP contribution in [0, 0.1) is 5.92 Å². The van der Waals surface area contributed by atoms with Crippen molar-refractivity contribution in [2.45, 2.75) is 39.3 Å². The molecule has 0 heterocycles. The van der Waals surface area contributed by atoms with E-state index in [0.29, 0.717) is 0 Å². The zero-order valence-electron chi connectivity index (χ0n) is 10.8. The number of ether oxygens (including phenoxy) is 1. The zero-order valence-corrected chi connectivity index (χ0v) is 11.7. The molecule has 0 spiro atoms. The Balaban J connectivity index is 4.60. The first kappa shape index (κ1) is 16.9. The molecule has 106 valence electrons. The number of hydrogen-bond donors (Lipinski definition) is 2. The molecule has 0 aliphatic rings. The van der Waals surface area contributed by atoms with Crippen LogP contribution in [-0.4, -0.2) is 42.7 Å². The van der Waals surface area contributed by atoms with Gasteiger partial charge in [-0.2, -0.15) is 8.42 Å². The Morgan fingerprint density at radius 1 is 1.44 bits per heavy atom. The van der Waals surface area contributed by atoms with Crippen LogP contribution in [0.1, 0.15) is 27.7 Å². The van der Waals surface area contributed by atoms with E-state index in [1.807, 2.05) is 0 Å². The van der Waals surface area contributed by atoms with Gasteiger partial charge in [0.2, 0.25) is 5.91 Å². The van der Waals surface area contributed by atoms with Gasteiger partial charge >= 0.3 is 0 Å². The number of rotatable bonds is 7. The largest absolute Gasteiger partial charge is 0.464 e. The van der Waals surface area contributed by atoms with Gasteiger partial charge in [-0.1, -0.05) is 6.92 Å². The first-order valence-electron chi connectivity index (χ1n) is 5.35. The molecule has 7 nitrogen and oxygen atoms in total. The third kappa shape index (κ3) is 6.55. The molecule has 8 heteroatoms. The van der Waals surface area contributed by atoms with Crippen molar-refractivity contribution in [1.82, 2.24) is 5.32 Å². The van der Waals surface area contributed by atoms with Gasteiger partial charge in [-0.05, 0) is 20.8 Å². The summed E-state index contributed by atoms with van der Waals surface area (Å²) >= 11 is 0. The van der Waals surface area contributed by atoms with Crippen LogP contribution >= 0.6 is 0 Å². The van der Waals surface area contributed by atoms with E-state index in [1.165, 1.54) is 13.8 Å². The third-order valence-electron chi connectivity index (χ3n) is 2.39. The summed E-state index contributed by atoms with van der Waals surface area (Å²) in [5.74, 6) is -1.68. The summed E-state index contributed by atoms with van der Waals surface area (Å²) in [5.41, 5.74) is -1.11. The van der Waals surface area contributed by atoms with E-state index in [-0.39, 0.29) is 6.47 Å². The van der Waals surface area contributed by atoms with E-state index in [1.54, 1.807) is 13.8 Å². The van der Waals surface area contributed by atoms with Crippen LogP contribution in [0.2, 0.25) is 0 Å². The fourth-order valence-corrected chi connectivity index (χ4v) is 2.34. The molecule has 0 bridgehead atoms. The molecule has 0 rings (SSSR count). The fraction of sp³-hybridized carbons (Fsp3) is 0.800. The second-order valence-electron chi connectivity index (χ2n) is 4.83. The van der Waals surface area contributed by atoms with E-state index in [4.69, 9.17) is 4.55 Å². The highest BCUT2D eigenvalue weighted by molar-refractivity contribution is 7.85. The van der Waals surface area contributed by atoms with Gasteiger partial charge < -0.3 is 10.1 Å². The van der Waals surface area contributed by atoms with Crippen molar-refractivity contribution in [3.63, 3.8) is 0 Å². The average molecular weight is 281 g/mol. The highest BCUT2D eigenvalue weighted by Gasteiger charge is 2.30. The molecule has 0 aromatic rings. The normalized spacial score (nSPS) is 15.6. The standard InChI is InChI=1S/C10H19NO6S/c1-7(8(2)17-6-12)9(13)11-10(3,4)5-18(14,15)16/h6-8H,5H2,1-4H3,(H,11,13)(H,14,15,16). The molecular weight excluding hydrogens is 262 g/mol. The van der Waals surface area contributed by atoms with E-state index in [0.717, 1.165) is 0 Å². The monoisotopic (exact) mass is 281 g/mol. The summed E-state index contributed by atoms with van der Waals surface area (Å²) in [7, 11) is -4.19. The van der Waals surface area contributed by atoms with Gasteiger partial charge in [0, 0.05) is 0 Å². The highest BCUT2D eigenvalue weighted by Crippen LogP contribution is 2.11. The molecule has 0 aromatic carbocycles. The Kier molecular flexibility index (Phi) is 5.75. The Hall–Kier alpha value is -1.15. The summed E-state index contributed by atoms with van der Waals surface area (Å²) < 4.78 is 34.9. The van der Waals surface area contributed by atoms with Gasteiger partial charge in [-0.25, -0.2) is 0 Å². The predicted octanol–water partition coefficient (Wildman–Crippen LogP) is -0.0334. The van der Waals surface area contributed by atoms with E-state index >= 15 is 0 Å². The average Bonchev–Trinajstić information content (AvgIpc) is 2.11. The van der Waals surface area contributed by atoms with Crippen LogP contribution < -0.4 is 5.32 Å². The smallest absolute Gasteiger partial charge is 0.293 e. The van der Waals surface area contributed by atoms with Gasteiger partial charge in [0.25, 0.3) is 16.6 Å². The third-order valence-corrected chi connectivity index (χ3v) is 3.48. The summed E-state index contributed by atoms with van der Waals surface area (Å²) in [6.45, 7) is 6.28. The number of carbonyl (C=O) groups excluding carboxylic acids is 2. The van der Waals surface area contributed by atoms with Gasteiger partial charge in [-0.15, -0.1) is 0 Å². The summed E-state index contributed by atoms with van der Waals surface area (Å²) in [4.78, 5) is 21.9. The number of amides is 1. The minimum atomic E-state index is -4.19. The SMILES string of the molecule is CC(OC=O)C(C)C(=O)NC(C)(C)CS(=O)(=O)O. The molecule has 0 aliphatic heterocycles. The van der Waals surface area contributed by atoms with Gasteiger partial charge in [-0.3, -0.25) is 14.1 Å². The van der Waals surface area contributed by atoms with Crippen LogP contribution in [0.3, 0.4) is 0 Å². The Bertz CT molecular complexity index is 403. The first-order chi connectivity index (χ1) is 7.98. The maximum Gasteiger partial charge on any atom is 0.293 e. The van der Waals surface area contributed by atoms with Crippen molar-refractivity contribution in [1.29, 1.82) is 0 Å². The molecule has 0 saturated carbocycles. The van der Waals surface area contributed by atoms with Gasteiger partial charge in [0.15, 0.2) is 0 Å². The molecule has 2 atom stereocenters. The second-order valence-corrected chi connectivity index (χ2v) is 6.28. The molecule has 0 radical (unpaired) electrons. The van der Waals surface area contributed by atoms with E-state index < -0.39 is 39.3 Å². The quantitative estimate of drug-likeness (QED) is 0.501. The van der Waals surface area contributed by atoms with Crippen molar-refractivity contribution >= 4 is 22.5 Å². The lowest BCUT2D eigenvalue weighted by molar-refractivity contribution is -0.139. The Morgan fingerprint density at radius 2 is 1.94 bits per heavy atom. The van der Waals surface area contributed by atoms with Crippen molar-refractivity contribution in [3.05, 3.63) is 0 Å². The summed E-state index contributed by atoms with van der Waals surface area (Å²) in [5, 5.41) is 2.48. The highest BCUT2D eigenvalue weighted by atomic mass is 32.2. The van der Waals surface area contributed by atoms with Crippen molar-refractivity contribution < 1.29 is 27.3 Å². The molecule has 1 amide bonds. The predicted molar refractivity (Wildman–Crippen MR) is 64.4 cm³/mol. The lowest BCUT2D eigenvalue weighted by Crippen LogP contribution is -2.51. The Morgan fingerprint density at radius 3 is 2.33 bits per heavy atom. The minimum Gasteiger partial charge on any atom is -0.464 e.